The molecule has 1 aromatic heterocycles. The summed E-state index contributed by atoms with van der Waals surface area (Å²) in [6, 6.07) is 3.63. The zero-order valence-corrected chi connectivity index (χ0v) is 6.42. The Balaban J connectivity index is 2.58. The maximum absolute atomic E-state index is 10.9. The lowest BCUT2D eigenvalue weighted by Gasteiger charge is -1.98. The monoisotopic (exact) mass is 151 g/mol. The minimum Gasteiger partial charge on any atom is -0.326 e. The van der Waals surface area contributed by atoms with E-state index in [0.717, 1.165) is 5.69 Å². The van der Waals surface area contributed by atoms with Gasteiger partial charge in [0.15, 0.2) is 12.4 Å². The summed E-state index contributed by atoms with van der Waals surface area (Å²) in [7, 11) is 0. The van der Waals surface area contributed by atoms with Gasteiger partial charge in [0.1, 0.15) is 0 Å². The second-order valence-corrected chi connectivity index (χ2v) is 2.19. The van der Waals surface area contributed by atoms with E-state index in [1.165, 1.54) is 0 Å². The van der Waals surface area contributed by atoms with Crippen molar-refractivity contribution in [2.75, 3.05) is 5.32 Å². The maximum atomic E-state index is 10.9. The van der Waals surface area contributed by atoms with E-state index in [1.807, 2.05) is 19.1 Å². The molecule has 1 heterocycles. The Bertz CT molecular complexity index is 233. The molecule has 1 rings (SSSR count). The van der Waals surface area contributed by atoms with Gasteiger partial charge < -0.3 is 5.32 Å². The second kappa shape index (κ2) is 3.71. The van der Waals surface area contributed by atoms with Crippen molar-refractivity contribution in [1.29, 1.82) is 0 Å². The van der Waals surface area contributed by atoms with Gasteiger partial charge in [-0.2, -0.15) is 0 Å². The molecule has 0 unspecified atom stereocenters. The number of carbonyl (C=O) groups excluding carboxylic acids is 1. The summed E-state index contributed by atoms with van der Waals surface area (Å²) >= 11 is 0. The molecule has 58 valence electrons. The molecule has 0 radical (unpaired) electrons. The highest BCUT2D eigenvalue weighted by Gasteiger charge is 1.97. The van der Waals surface area contributed by atoms with Crippen molar-refractivity contribution in [3.05, 3.63) is 24.5 Å². The Kier molecular flexibility index (Phi) is 2.60. The summed E-state index contributed by atoms with van der Waals surface area (Å²) in [5.41, 5.74) is 0.829. The number of hydrogen-bond donors (Lipinski definition) is 1. The minimum absolute atomic E-state index is 0.0381. The van der Waals surface area contributed by atoms with Gasteiger partial charge in [0, 0.05) is 18.6 Å². The zero-order chi connectivity index (χ0) is 8.10. The van der Waals surface area contributed by atoms with E-state index in [-0.39, 0.29) is 5.91 Å². The van der Waals surface area contributed by atoms with Gasteiger partial charge in [0.2, 0.25) is 5.91 Å². The van der Waals surface area contributed by atoms with Gasteiger partial charge in [-0.3, -0.25) is 4.79 Å². The van der Waals surface area contributed by atoms with E-state index in [1.54, 1.807) is 12.4 Å². The number of amides is 1. The van der Waals surface area contributed by atoms with Crippen molar-refractivity contribution in [2.24, 2.45) is 0 Å². The molecule has 0 saturated heterocycles. The molecule has 0 aliphatic rings. The van der Waals surface area contributed by atoms with Gasteiger partial charge in [0.05, 0.1) is 5.69 Å². The number of carbonyl (C=O) groups is 1. The van der Waals surface area contributed by atoms with Crippen LogP contribution in [-0.2, 0) is 4.79 Å². The highest BCUT2D eigenvalue weighted by Crippen LogP contribution is 2.01. The third-order valence-corrected chi connectivity index (χ3v) is 1.32. The van der Waals surface area contributed by atoms with E-state index in [4.69, 9.17) is 0 Å². The number of aromatic nitrogens is 1. The normalized spacial score (nSPS) is 9.18. The topological polar surface area (TPSA) is 43.2 Å². The number of pyridine rings is 1. The van der Waals surface area contributed by atoms with Gasteiger partial charge in [-0.25, -0.2) is 4.98 Å². The molecule has 0 spiro atoms. The van der Waals surface area contributed by atoms with E-state index in [0.29, 0.717) is 6.42 Å². The summed E-state index contributed by atoms with van der Waals surface area (Å²) < 4.78 is 0. The molecule has 1 aromatic rings. The van der Waals surface area contributed by atoms with Crippen LogP contribution in [0, 0.1) is 0 Å². The van der Waals surface area contributed by atoms with E-state index < -0.39 is 0 Å². The molecule has 0 aliphatic heterocycles. The van der Waals surface area contributed by atoms with Crippen molar-refractivity contribution in [3.8, 4) is 0 Å². The predicted octanol–water partition coefficient (Wildman–Crippen LogP) is 0.849. The number of rotatable bonds is 2. The molecule has 1 amide bonds. The van der Waals surface area contributed by atoms with Crippen LogP contribution in [0.15, 0.2) is 24.5 Å². The Morgan fingerprint density at radius 1 is 1.55 bits per heavy atom. The van der Waals surface area contributed by atoms with Gasteiger partial charge in [-0.1, -0.05) is 6.92 Å². The summed E-state index contributed by atoms with van der Waals surface area (Å²) in [5, 5.41) is 2.73. The van der Waals surface area contributed by atoms with Crippen molar-refractivity contribution < 1.29 is 9.78 Å². The molecule has 0 fully saturated rings. The molecule has 11 heavy (non-hydrogen) atoms. The van der Waals surface area contributed by atoms with Crippen molar-refractivity contribution in [3.63, 3.8) is 0 Å². The molecule has 3 heteroatoms. The van der Waals surface area contributed by atoms with Crippen LogP contribution >= 0.6 is 0 Å². The number of H-pyrrole nitrogens is 1. The lowest BCUT2D eigenvalue weighted by Crippen LogP contribution is -2.10. The first kappa shape index (κ1) is 7.72. The average Bonchev–Trinajstić information content (AvgIpc) is 2.06. The fourth-order valence-corrected chi connectivity index (χ4v) is 0.720. The van der Waals surface area contributed by atoms with Crippen LogP contribution in [-0.4, -0.2) is 5.91 Å². The second-order valence-electron chi connectivity index (χ2n) is 2.19. The van der Waals surface area contributed by atoms with Crippen molar-refractivity contribution >= 4 is 11.6 Å². The van der Waals surface area contributed by atoms with Crippen LogP contribution in [0.2, 0.25) is 0 Å². The predicted molar refractivity (Wildman–Crippen MR) is 41.9 cm³/mol. The SMILES string of the molecule is CCC(=O)Nc1cc[nH+]cc1. The quantitative estimate of drug-likeness (QED) is 0.669. The average molecular weight is 151 g/mol. The van der Waals surface area contributed by atoms with E-state index >= 15 is 0 Å². The molecular formula is C8H11N2O+. The van der Waals surface area contributed by atoms with Crippen molar-refractivity contribution in [1.82, 2.24) is 0 Å². The van der Waals surface area contributed by atoms with Gasteiger partial charge in [0.25, 0.3) is 0 Å². The fraction of sp³-hybridized carbons (Fsp3) is 0.250. The summed E-state index contributed by atoms with van der Waals surface area (Å²) in [6.07, 6.45) is 4.05. The minimum atomic E-state index is 0.0381. The van der Waals surface area contributed by atoms with Crippen LogP contribution < -0.4 is 10.3 Å². The molecule has 3 nitrogen and oxygen atoms in total. The molecule has 0 bridgehead atoms. The molecular weight excluding hydrogens is 140 g/mol. The molecule has 0 saturated carbocycles. The van der Waals surface area contributed by atoms with Crippen molar-refractivity contribution in [2.45, 2.75) is 13.3 Å². The van der Waals surface area contributed by atoms with Gasteiger partial charge in [-0.15, -0.1) is 0 Å². The first-order valence-corrected chi connectivity index (χ1v) is 3.59. The first-order valence-electron chi connectivity index (χ1n) is 3.59. The Morgan fingerprint density at radius 2 is 2.18 bits per heavy atom. The third kappa shape index (κ3) is 2.37. The Morgan fingerprint density at radius 3 is 2.73 bits per heavy atom. The summed E-state index contributed by atoms with van der Waals surface area (Å²) in [6.45, 7) is 1.82. The van der Waals surface area contributed by atoms with E-state index in [9.17, 15) is 4.79 Å². The highest BCUT2D eigenvalue weighted by molar-refractivity contribution is 5.90. The zero-order valence-electron chi connectivity index (χ0n) is 6.42. The number of aromatic amines is 1. The standard InChI is InChI=1S/C8H10N2O/c1-2-8(11)10-7-3-5-9-6-4-7/h3-6H,2H2,1H3,(H,9,10,11)/p+1. The van der Waals surface area contributed by atoms with Gasteiger partial charge >= 0.3 is 0 Å². The lowest BCUT2D eigenvalue weighted by molar-refractivity contribution is -0.377. The molecule has 2 N–H and O–H groups in total. The first-order chi connectivity index (χ1) is 5.33. The fourth-order valence-electron chi connectivity index (χ4n) is 0.720. The Hall–Kier alpha value is -1.38. The van der Waals surface area contributed by atoms with Crippen LogP contribution in [0.25, 0.3) is 0 Å². The largest absolute Gasteiger partial charge is 0.326 e. The maximum Gasteiger partial charge on any atom is 0.224 e. The number of hydrogen-bond acceptors (Lipinski definition) is 1. The Labute approximate surface area is 65.5 Å². The van der Waals surface area contributed by atoms with E-state index in [2.05, 4.69) is 10.3 Å². The molecule has 0 aromatic carbocycles. The van der Waals surface area contributed by atoms with Crippen LogP contribution in [0.5, 0.6) is 0 Å². The smallest absolute Gasteiger partial charge is 0.224 e. The van der Waals surface area contributed by atoms with Crippen LogP contribution in [0.1, 0.15) is 13.3 Å². The number of anilines is 1. The lowest BCUT2D eigenvalue weighted by atomic mass is 10.4. The van der Waals surface area contributed by atoms with Gasteiger partial charge in [-0.05, 0) is 0 Å². The summed E-state index contributed by atoms with van der Waals surface area (Å²) in [5.74, 6) is 0.0381. The molecule has 0 atom stereocenters. The summed E-state index contributed by atoms with van der Waals surface area (Å²) in [4.78, 5) is 13.7. The third-order valence-electron chi connectivity index (χ3n) is 1.32. The highest BCUT2D eigenvalue weighted by atomic mass is 16.1. The number of nitrogens with one attached hydrogen (secondary N) is 2. The van der Waals surface area contributed by atoms with Crippen LogP contribution in [0.4, 0.5) is 5.69 Å². The van der Waals surface area contributed by atoms with Crippen LogP contribution in [0.3, 0.4) is 0 Å². The molecule has 0 aliphatic carbocycles.